The summed E-state index contributed by atoms with van der Waals surface area (Å²) >= 11 is 0. The third-order valence-electron chi connectivity index (χ3n) is 4.05. The number of likely N-dealkylation sites (tertiary alicyclic amines) is 1. The molecule has 0 aliphatic carbocycles. The first-order valence-corrected chi connectivity index (χ1v) is 7.75. The fourth-order valence-corrected chi connectivity index (χ4v) is 2.92. The molecule has 1 N–H and O–H groups in total. The molecule has 1 saturated heterocycles. The Bertz CT molecular complexity index is 856. The second-order valence-corrected chi connectivity index (χ2v) is 5.57. The van der Waals surface area contributed by atoms with Crippen molar-refractivity contribution in [2.24, 2.45) is 0 Å². The molecular weight excluding hydrogens is 314 g/mol. The van der Waals surface area contributed by atoms with Crippen LogP contribution in [0, 0.1) is 0 Å². The number of hydrogen-bond acceptors (Lipinski definition) is 5. The normalized spacial score (nSPS) is 17.2. The molecule has 1 atom stereocenters. The van der Waals surface area contributed by atoms with Crippen molar-refractivity contribution < 1.29 is 23.8 Å². The molecule has 0 bridgehead atoms. The van der Waals surface area contributed by atoms with Crippen LogP contribution in [-0.2, 0) is 4.79 Å². The standard InChI is InChI=1S/C17H17NO6/c1-2-23-11-6-5-10-8-12(17(22)24-14(10)9-11)15(19)18-7-3-4-13(18)16(20)21/h5-6,8-9,13H,2-4,7H2,1H3,(H,20,21). The zero-order valence-corrected chi connectivity index (χ0v) is 13.2. The molecule has 1 amide bonds. The average molecular weight is 331 g/mol. The van der Waals surface area contributed by atoms with E-state index in [-0.39, 0.29) is 5.56 Å². The minimum absolute atomic E-state index is 0.153. The number of fused-ring (bicyclic) bond motifs is 1. The SMILES string of the molecule is CCOc1ccc2cc(C(=O)N3CCCC3C(=O)O)c(=O)oc2c1. The smallest absolute Gasteiger partial charge is 0.349 e. The van der Waals surface area contributed by atoms with Crippen molar-refractivity contribution in [3.63, 3.8) is 0 Å². The molecule has 7 heteroatoms. The summed E-state index contributed by atoms with van der Waals surface area (Å²) in [4.78, 5) is 37.2. The maximum absolute atomic E-state index is 12.6. The number of hydrogen-bond donors (Lipinski definition) is 1. The number of amides is 1. The van der Waals surface area contributed by atoms with E-state index in [2.05, 4.69) is 0 Å². The lowest BCUT2D eigenvalue weighted by atomic mass is 10.1. The lowest BCUT2D eigenvalue weighted by Gasteiger charge is -2.20. The second kappa shape index (κ2) is 6.35. The number of nitrogens with zero attached hydrogens (tertiary/aromatic N) is 1. The van der Waals surface area contributed by atoms with Gasteiger partial charge in [0.2, 0.25) is 0 Å². The van der Waals surface area contributed by atoms with Crippen molar-refractivity contribution >= 4 is 22.8 Å². The molecule has 0 saturated carbocycles. The number of rotatable bonds is 4. The van der Waals surface area contributed by atoms with Gasteiger partial charge in [0.25, 0.3) is 5.91 Å². The van der Waals surface area contributed by atoms with Crippen LogP contribution in [-0.4, -0.2) is 41.1 Å². The van der Waals surface area contributed by atoms with Crippen LogP contribution in [0.4, 0.5) is 0 Å². The first kappa shape index (κ1) is 16.0. The van der Waals surface area contributed by atoms with Crippen LogP contribution in [0.1, 0.15) is 30.1 Å². The Hall–Kier alpha value is -2.83. The minimum Gasteiger partial charge on any atom is -0.494 e. The summed E-state index contributed by atoms with van der Waals surface area (Å²) < 4.78 is 10.6. The van der Waals surface area contributed by atoms with Gasteiger partial charge in [0.15, 0.2) is 0 Å². The van der Waals surface area contributed by atoms with Crippen molar-refractivity contribution in [1.82, 2.24) is 4.90 Å². The summed E-state index contributed by atoms with van der Waals surface area (Å²) in [6, 6.07) is 5.54. The molecule has 1 aromatic heterocycles. The van der Waals surface area contributed by atoms with Crippen LogP contribution in [0.5, 0.6) is 5.75 Å². The van der Waals surface area contributed by atoms with Gasteiger partial charge in [-0.3, -0.25) is 4.79 Å². The number of carboxylic acids is 1. The van der Waals surface area contributed by atoms with Crippen LogP contribution >= 0.6 is 0 Å². The molecule has 1 aromatic carbocycles. The molecular formula is C17H17NO6. The zero-order valence-electron chi connectivity index (χ0n) is 13.2. The van der Waals surface area contributed by atoms with Gasteiger partial charge >= 0.3 is 11.6 Å². The van der Waals surface area contributed by atoms with Crippen LogP contribution in [0.25, 0.3) is 11.0 Å². The van der Waals surface area contributed by atoms with Gasteiger partial charge in [-0.15, -0.1) is 0 Å². The van der Waals surface area contributed by atoms with Crippen LogP contribution in [0.15, 0.2) is 33.5 Å². The third kappa shape index (κ3) is 2.84. The number of benzene rings is 1. The first-order valence-electron chi connectivity index (χ1n) is 7.75. The van der Waals surface area contributed by atoms with Gasteiger partial charge < -0.3 is 19.2 Å². The van der Waals surface area contributed by atoms with Gasteiger partial charge in [-0.05, 0) is 38.0 Å². The molecule has 1 aliphatic heterocycles. The maximum Gasteiger partial charge on any atom is 0.349 e. The topological polar surface area (TPSA) is 97.0 Å². The quantitative estimate of drug-likeness (QED) is 0.859. The third-order valence-corrected chi connectivity index (χ3v) is 4.05. The highest BCUT2D eigenvalue weighted by Crippen LogP contribution is 2.23. The van der Waals surface area contributed by atoms with Crippen molar-refractivity contribution in [3.8, 4) is 5.75 Å². The summed E-state index contributed by atoms with van der Waals surface area (Å²) in [5, 5.41) is 9.77. The highest BCUT2D eigenvalue weighted by molar-refractivity contribution is 5.98. The van der Waals surface area contributed by atoms with E-state index in [4.69, 9.17) is 9.15 Å². The predicted molar refractivity (Wildman–Crippen MR) is 85.3 cm³/mol. The first-order chi connectivity index (χ1) is 11.5. The van der Waals surface area contributed by atoms with Gasteiger partial charge in [0.1, 0.15) is 22.9 Å². The van der Waals surface area contributed by atoms with Gasteiger partial charge in [0, 0.05) is 18.0 Å². The van der Waals surface area contributed by atoms with E-state index < -0.39 is 23.5 Å². The fraction of sp³-hybridized carbons (Fsp3) is 0.353. The number of ether oxygens (including phenoxy) is 1. The highest BCUT2D eigenvalue weighted by Gasteiger charge is 2.35. The van der Waals surface area contributed by atoms with E-state index in [1.165, 1.54) is 11.0 Å². The molecule has 0 spiro atoms. The molecule has 3 rings (SSSR count). The Morgan fingerprint density at radius 3 is 2.88 bits per heavy atom. The van der Waals surface area contributed by atoms with Crippen LogP contribution in [0.3, 0.4) is 0 Å². The largest absolute Gasteiger partial charge is 0.494 e. The molecule has 1 unspecified atom stereocenters. The maximum atomic E-state index is 12.6. The van der Waals surface area contributed by atoms with Crippen LogP contribution in [0.2, 0.25) is 0 Å². The summed E-state index contributed by atoms with van der Waals surface area (Å²) in [5.74, 6) is -1.10. The monoisotopic (exact) mass is 331 g/mol. The molecule has 1 fully saturated rings. The van der Waals surface area contributed by atoms with E-state index in [1.807, 2.05) is 6.92 Å². The van der Waals surface area contributed by atoms with E-state index in [1.54, 1.807) is 18.2 Å². The lowest BCUT2D eigenvalue weighted by Crippen LogP contribution is -2.41. The Morgan fingerprint density at radius 2 is 2.17 bits per heavy atom. The Labute approximate surface area is 137 Å². The minimum atomic E-state index is -1.06. The zero-order chi connectivity index (χ0) is 17.3. The number of carbonyl (C=O) groups is 2. The summed E-state index contributed by atoms with van der Waals surface area (Å²) in [6.07, 6.45) is 0.983. The van der Waals surface area contributed by atoms with E-state index in [0.717, 1.165) is 0 Å². The molecule has 2 aromatic rings. The molecule has 24 heavy (non-hydrogen) atoms. The summed E-state index contributed by atoms with van der Waals surface area (Å²) in [7, 11) is 0. The lowest BCUT2D eigenvalue weighted by molar-refractivity contribution is -0.141. The van der Waals surface area contributed by atoms with Crippen molar-refractivity contribution in [1.29, 1.82) is 0 Å². The number of carboxylic acid groups (broad SMARTS) is 1. The van der Waals surface area contributed by atoms with Gasteiger partial charge in [-0.1, -0.05) is 0 Å². The van der Waals surface area contributed by atoms with Crippen molar-refractivity contribution in [3.05, 3.63) is 40.2 Å². The highest BCUT2D eigenvalue weighted by atomic mass is 16.5. The van der Waals surface area contributed by atoms with Crippen molar-refractivity contribution in [2.45, 2.75) is 25.8 Å². The molecule has 1 aliphatic rings. The molecule has 7 nitrogen and oxygen atoms in total. The Morgan fingerprint density at radius 1 is 1.38 bits per heavy atom. The van der Waals surface area contributed by atoms with Crippen LogP contribution < -0.4 is 10.4 Å². The molecule has 126 valence electrons. The van der Waals surface area contributed by atoms with Gasteiger partial charge in [-0.2, -0.15) is 0 Å². The van der Waals surface area contributed by atoms with E-state index >= 15 is 0 Å². The van der Waals surface area contributed by atoms with Gasteiger partial charge in [-0.25, -0.2) is 9.59 Å². The number of aliphatic carboxylic acids is 1. The van der Waals surface area contributed by atoms with Crippen molar-refractivity contribution in [2.75, 3.05) is 13.2 Å². The summed E-state index contributed by atoms with van der Waals surface area (Å²) in [6.45, 7) is 2.64. The van der Waals surface area contributed by atoms with Gasteiger partial charge in [0.05, 0.1) is 6.61 Å². The number of carbonyl (C=O) groups excluding carboxylic acids is 1. The average Bonchev–Trinajstić information content (AvgIpc) is 3.03. The molecule has 0 radical (unpaired) electrons. The second-order valence-electron chi connectivity index (χ2n) is 5.57. The van der Waals surface area contributed by atoms with E-state index in [0.29, 0.717) is 42.7 Å². The predicted octanol–water partition coefficient (Wildman–Crippen LogP) is 1.88. The Balaban J connectivity index is 1.99. The fourth-order valence-electron chi connectivity index (χ4n) is 2.92. The van der Waals surface area contributed by atoms with E-state index in [9.17, 15) is 19.5 Å². The Kier molecular flexibility index (Phi) is 4.24. The summed E-state index contributed by atoms with van der Waals surface area (Å²) in [5.41, 5.74) is -0.615. The molecule has 2 heterocycles.